The van der Waals surface area contributed by atoms with E-state index in [9.17, 15) is 9.90 Å². The van der Waals surface area contributed by atoms with Crippen LogP contribution in [-0.2, 0) is 22.7 Å². The number of likely N-dealkylation sites (N-methyl/N-ethyl adjacent to an activating group) is 1. The summed E-state index contributed by atoms with van der Waals surface area (Å²) in [5, 5.41) is 12.7. The van der Waals surface area contributed by atoms with Gasteiger partial charge in [0.1, 0.15) is 5.75 Å². The Hall–Kier alpha value is -2.41. The van der Waals surface area contributed by atoms with Gasteiger partial charge in [0, 0.05) is 13.7 Å². The predicted octanol–water partition coefficient (Wildman–Crippen LogP) is 2.12. The molecular formula is C21H28N2O4. The van der Waals surface area contributed by atoms with Gasteiger partial charge in [0.15, 0.2) is 0 Å². The first kappa shape index (κ1) is 20.9. The van der Waals surface area contributed by atoms with Gasteiger partial charge in [0.2, 0.25) is 5.91 Å². The average Bonchev–Trinajstić information content (AvgIpc) is 2.68. The molecule has 2 aromatic carbocycles. The second kappa shape index (κ2) is 10.7. The minimum Gasteiger partial charge on any atom is -0.497 e. The highest BCUT2D eigenvalue weighted by atomic mass is 16.5. The zero-order valence-electron chi connectivity index (χ0n) is 16.1. The van der Waals surface area contributed by atoms with Gasteiger partial charge >= 0.3 is 0 Å². The standard InChI is InChI=1S/C21H28N2O4/c1-23(20(14-24)16-8-10-19(27-3)11-9-16)13-21(25)22-12-17-6-4-5-7-18(17)15-26-2/h4-11,20,24H,12-15H2,1-3H3,(H,22,25). The van der Waals surface area contributed by atoms with Gasteiger partial charge < -0.3 is 19.9 Å². The third-order valence-electron chi connectivity index (χ3n) is 4.49. The van der Waals surface area contributed by atoms with Crippen molar-refractivity contribution >= 4 is 5.91 Å². The van der Waals surface area contributed by atoms with Crippen molar-refractivity contribution < 1.29 is 19.4 Å². The maximum absolute atomic E-state index is 12.4. The molecule has 0 aliphatic rings. The number of carbonyl (C=O) groups is 1. The number of carbonyl (C=O) groups excluding carboxylic acids is 1. The molecule has 146 valence electrons. The van der Waals surface area contributed by atoms with Crippen LogP contribution in [0.25, 0.3) is 0 Å². The fourth-order valence-corrected chi connectivity index (χ4v) is 2.94. The first-order valence-corrected chi connectivity index (χ1v) is 8.86. The normalized spacial score (nSPS) is 12.0. The first-order valence-electron chi connectivity index (χ1n) is 8.86. The molecule has 0 aliphatic carbocycles. The Morgan fingerprint density at radius 1 is 1.11 bits per heavy atom. The summed E-state index contributed by atoms with van der Waals surface area (Å²) in [4.78, 5) is 14.2. The van der Waals surface area contributed by atoms with Gasteiger partial charge in [-0.15, -0.1) is 0 Å². The van der Waals surface area contributed by atoms with Crippen LogP contribution < -0.4 is 10.1 Å². The molecule has 0 aliphatic heterocycles. The number of aliphatic hydroxyl groups excluding tert-OH is 1. The zero-order chi connectivity index (χ0) is 19.6. The Kier molecular flexibility index (Phi) is 8.26. The molecule has 0 fully saturated rings. The van der Waals surface area contributed by atoms with Crippen molar-refractivity contribution in [2.75, 3.05) is 34.4 Å². The molecule has 6 nitrogen and oxygen atoms in total. The van der Waals surface area contributed by atoms with Crippen molar-refractivity contribution in [1.29, 1.82) is 0 Å². The Labute approximate surface area is 160 Å². The van der Waals surface area contributed by atoms with Crippen LogP contribution in [0.2, 0.25) is 0 Å². The number of methoxy groups -OCH3 is 2. The molecule has 1 unspecified atom stereocenters. The van der Waals surface area contributed by atoms with E-state index in [2.05, 4.69) is 5.32 Å². The number of benzene rings is 2. The Morgan fingerprint density at radius 2 is 1.78 bits per heavy atom. The van der Waals surface area contributed by atoms with Crippen LogP contribution in [0.5, 0.6) is 5.75 Å². The summed E-state index contributed by atoms with van der Waals surface area (Å²) in [5.41, 5.74) is 3.02. The number of ether oxygens (including phenoxy) is 2. The maximum Gasteiger partial charge on any atom is 0.234 e. The average molecular weight is 372 g/mol. The lowest BCUT2D eigenvalue weighted by molar-refractivity contribution is -0.122. The van der Waals surface area contributed by atoms with Crippen molar-refractivity contribution in [1.82, 2.24) is 10.2 Å². The largest absolute Gasteiger partial charge is 0.497 e. The summed E-state index contributed by atoms with van der Waals surface area (Å²) in [6.07, 6.45) is 0. The summed E-state index contributed by atoms with van der Waals surface area (Å²) in [5.74, 6) is 0.655. The van der Waals surface area contributed by atoms with Crippen LogP contribution in [0.1, 0.15) is 22.7 Å². The minimum absolute atomic E-state index is 0.0766. The van der Waals surface area contributed by atoms with Crippen molar-refractivity contribution in [3.05, 3.63) is 65.2 Å². The van der Waals surface area contributed by atoms with E-state index >= 15 is 0 Å². The fraction of sp³-hybridized carbons (Fsp3) is 0.381. The molecule has 2 rings (SSSR count). The van der Waals surface area contributed by atoms with E-state index in [0.717, 1.165) is 22.4 Å². The van der Waals surface area contributed by atoms with Crippen LogP contribution in [0.3, 0.4) is 0 Å². The molecule has 0 radical (unpaired) electrons. The van der Waals surface area contributed by atoms with Crippen molar-refractivity contribution in [2.24, 2.45) is 0 Å². The molecule has 6 heteroatoms. The molecule has 2 N–H and O–H groups in total. The minimum atomic E-state index is -0.262. The summed E-state index contributed by atoms with van der Waals surface area (Å²) in [7, 11) is 5.09. The maximum atomic E-state index is 12.4. The van der Waals surface area contributed by atoms with Gasteiger partial charge in [-0.25, -0.2) is 0 Å². The summed E-state index contributed by atoms with van der Waals surface area (Å²) in [6.45, 7) is 1.06. The third-order valence-corrected chi connectivity index (χ3v) is 4.49. The van der Waals surface area contributed by atoms with Gasteiger partial charge in [-0.05, 0) is 35.9 Å². The number of nitrogens with one attached hydrogen (secondary N) is 1. The monoisotopic (exact) mass is 372 g/mol. The smallest absolute Gasteiger partial charge is 0.234 e. The van der Waals surface area contributed by atoms with Crippen molar-refractivity contribution in [3.8, 4) is 5.75 Å². The van der Waals surface area contributed by atoms with Gasteiger partial charge in [-0.3, -0.25) is 9.69 Å². The second-order valence-corrected chi connectivity index (χ2v) is 6.37. The Balaban J connectivity index is 1.93. The van der Waals surface area contributed by atoms with Gasteiger partial charge in [0.25, 0.3) is 0 Å². The number of nitrogens with zero attached hydrogens (tertiary/aromatic N) is 1. The molecule has 1 amide bonds. The summed E-state index contributed by atoms with van der Waals surface area (Å²) in [6, 6.07) is 15.1. The molecule has 0 aromatic heterocycles. The van der Waals surface area contributed by atoms with Crippen LogP contribution >= 0.6 is 0 Å². The lowest BCUT2D eigenvalue weighted by atomic mass is 10.1. The molecule has 1 atom stereocenters. The van der Waals surface area contributed by atoms with Crippen LogP contribution in [0.4, 0.5) is 0 Å². The molecule has 0 heterocycles. The number of rotatable bonds is 10. The SMILES string of the molecule is COCc1ccccc1CNC(=O)CN(C)C(CO)c1ccc(OC)cc1. The van der Waals surface area contributed by atoms with E-state index in [1.165, 1.54) is 0 Å². The highest BCUT2D eigenvalue weighted by Crippen LogP contribution is 2.21. The van der Waals surface area contributed by atoms with Crippen LogP contribution in [0.15, 0.2) is 48.5 Å². The second-order valence-electron chi connectivity index (χ2n) is 6.37. The first-order chi connectivity index (χ1) is 13.1. The lowest BCUT2D eigenvalue weighted by Crippen LogP contribution is -2.38. The molecule has 0 bridgehead atoms. The van der Waals surface area contributed by atoms with Gasteiger partial charge in [-0.1, -0.05) is 36.4 Å². The third kappa shape index (κ3) is 6.06. The lowest BCUT2D eigenvalue weighted by Gasteiger charge is -2.26. The molecule has 2 aromatic rings. The molecule has 0 spiro atoms. The van der Waals surface area contributed by atoms with Gasteiger partial charge in [0.05, 0.1) is 32.9 Å². The Morgan fingerprint density at radius 3 is 2.37 bits per heavy atom. The predicted molar refractivity (Wildman–Crippen MR) is 104 cm³/mol. The van der Waals surface area contributed by atoms with E-state index in [1.54, 1.807) is 14.2 Å². The van der Waals surface area contributed by atoms with E-state index in [1.807, 2.05) is 60.5 Å². The van der Waals surface area contributed by atoms with E-state index < -0.39 is 0 Å². The van der Waals surface area contributed by atoms with Crippen molar-refractivity contribution in [2.45, 2.75) is 19.2 Å². The highest BCUT2D eigenvalue weighted by molar-refractivity contribution is 5.78. The number of amides is 1. The molecule has 0 saturated carbocycles. The van der Waals surface area contributed by atoms with Crippen molar-refractivity contribution in [3.63, 3.8) is 0 Å². The topological polar surface area (TPSA) is 71.0 Å². The highest BCUT2D eigenvalue weighted by Gasteiger charge is 2.18. The quantitative estimate of drug-likeness (QED) is 0.669. The number of hydrogen-bond donors (Lipinski definition) is 2. The zero-order valence-corrected chi connectivity index (χ0v) is 16.1. The molecule has 0 saturated heterocycles. The van der Waals surface area contributed by atoms with E-state index in [-0.39, 0.29) is 25.1 Å². The van der Waals surface area contributed by atoms with Gasteiger partial charge in [-0.2, -0.15) is 0 Å². The fourth-order valence-electron chi connectivity index (χ4n) is 2.94. The summed E-state index contributed by atoms with van der Waals surface area (Å²) < 4.78 is 10.4. The summed E-state index contributed by atoms with van der Waals surface area (Å²) >= 11 is 0. The van der Waals surface area contributed by atoms with E-state index in [4.69, 9.17) is 9.47 Å². The van der Waals surface area contributed by atoms with Crippen LogP contribution in [-0.4, -0.2) is 50.3 Å². The number of aliphatic hydroxyl groups is 1. The number of hydrogen-bond acceptors (Lipinski definition) is 5. The van der Waals surface area contributed by atoms with E-state index in [0.29, 0.717) is 13.2 Å². The van der Waals surface area contributed by atoms with Crippen LogP contribution in [0, 0.1) is 0 Å². The molecule has 27 heavy (non-hydrogen) atoms. The molecular weight excluding hydrogens is 344 g/mol. The Bertz CT molecular complexity index is 718.